The molecule has 1 aliphatic carbocycles. The van der Waals surface area contributed by atoms with Gasteiger partial charge in [-0.15, -0.1) is 0 Å². The van der Waals surface area contributed by atoms with Crippen molar-refractivity contribution >= 4 is 38.5 Å². The van der Waals surface area contributed by atoms with E-state index < -0.39 is 10.0 Å². The first-order valence-electron chi connectivity index (χ1n) is 11.6. The average molecular weight is 469 g/mol. The molecule has 1 spiro atoms. The molecular weight excluding hydrogens is 440 g/mol. The molecule has 3 aromatic heterocycles. The van der Waals surface area contributed by atoms with Gasteiger partial charge in [-0.25, -0.2) is 23.1 Å². The fourth-order valence-corrected chi connectivity index (χ4v) is 6.77. The van der Waals surface area contributed by atoms with Crippen LogP contribution >= 0.6 is 0 Å². The zero-order valence-corrected chi connectivity index (χ0v) is 19.2. The molecule has 2 aliphatic heterocycles. The largest absolute Gasteiger partial charge is 0.368 e. The van der Waals surface area contributed by atoms with Gasteiger partial charge in [0.25, 0.3) is 10.0 Å². The van der Waals surface area contributed by atoms with E-state index >= 15 is 0 Å². The smallest absolute Gasteiger partial charge is 0.256 e. The SMILES string of the molecule is O=S1(=O)NCC2(CCCCC2)n2c1cc1cnc(Nc3ccc(N4CCNCC4)cn3)nc12. The average Bonchev–Trinajstić information content (AvgIpc) is 3.25. The number of sulfonamides is 1. The van der Waals surface area contributed by atoms with Crippen molar-refractivity contribution in [1.82, 2.24) is 29.6 Å². The molecule has 0 radical (unpaired) electrons. The van der Waals surface area contributed by atoms with Crippen molar-refractivity contribution in [3.63, 3.8) is 0 Å². The highest BCUT2D eigenvalue weighted by Gasteiger charge is 2.43. The van der Waals surface area contributed by atoms with Crippen molar-refractivity contribution in [1.29, 1.82) is 0 Å². The van der Waals surface area contributed by atoms with Crippen LogP contribution < -0.4 is 20.3 Å². The lowest BCUT2D eigenvalue weighted by Gasteiger charge is -2.42. The number of anilines is 3. The van der Waals surface area contributed by atoms with Crippen LogP contribution in [-0.4, -0.2) is 60.7 Å². The van der Waals surface area contributed by atoms with Gasteiger partial charge in [0.05, 0.1) is 17.4 Å². The predicted molar refractivity (Wildman–Crippen MR) is 126 cm³/mol. The number of nitrogens with zero attached hydrogens (tertiary/aromatic N) is 5. The molecule has 1 saturated carbocycles. The number of piperazine rings is 1. The number of hydrogen-bond acceptors (Lipinski definition) is 8. The Balaban J connectivity index is 1.34. The molecule has 3 N–H and O–H groups in total. The third kappa shape index (κ3) is 3.64. The van der Waals surface area contributed by atoms with E-state index in [2.05, 4.69) is 30.2 Å². The van der Waals surface area contributed by atoms with Gasteiger partial charge in [0.2, 0.25) is 5.95 Å². The summed E-state index contributed by atoms with van der Waals surface area (Å²) in [6.07, 6.45) is 8.78. The second-order valence-electron chi connectivity index (χ2n) is 9.16. The predicted octanol–water partition coefficient (Wildman–Crippen LogP) is 1.93. The number of aromatic nitrogens is 4. The molecule has 3 aliphatic rings. The molecule has 2 fully saturated rings. The van der Waals surface area contributed by atoms with Crippen LogP contribution in [0.15, 0.2) is 35.6 Å². The maximum absolute atomic E-state index is 12.8. The number of pyridine rings is 1. The van der Waals surface area contributed by atoms with Crippen LogP contribution in [0.2, 0.25) is 0 Å². The fraction of sp³-hybridized carbons (Fsp3) is 0.500. The van der Waals surface area contributed by atoms with Crippen LogP contribution in [0.5, 0.6) is 0 Å². The zero-order valence-electron chi connectivity index (χ0n) is 18.4. The Bertz CT molecular complexity index is 1280. The standard InChI is InChI=1S/C22H28N8O2S/c31-33(32)19-12-16-13-25-21(27-18-5-4-17(14-24-18)29-10-8-23-9-11-29)28-20(16)30(19)22(15-26-33)6-2-1-3-7-22/h4-5,12-14,23,26H,1-3,6-11,15H2,(H,24,25,27,28). The van der Waals surface area contributed by atoms with Gasteiger partial charge in [0.15, 0.2) is 5.03 Å². The van der Waals surface area contributed by atoms with E-state index in [0.717, 1.165) is 62.9 Å². The quantitative estimate of drug-likeness (QED) is 0.534. The van der Waals surface area contributed by atoms with E-state index in [4.69, 9.17) is 4.98 Å². The lowest BCUT2D eigenvalue weighted by molar-refractivity contribution is 0.181. The maximum Gasteiger partial charge on any atom is 0.256 e. The number of nitrogens with one attached hydrogen (secondary N) is 3. The van der Waals surface area contributed by atoms with Crippen molar-refractivity contribution in [2.75, 3.05) is 42.9 Å². The van der Waals surface area contributed by atoms with Gasteiger partial charge < -0.3 is 20.1 Å². The molecule has 3 aromatic rings. The van der Waals surface area contributed by atoms with E-state index in [0.29, 0.717) is 24.0 Å². The molecule has 0 bridgehead atoms. The molecule has 174 valence electrons. The summed E-state index contributed by atoms with van der Waals surface area (Å²) in [6, 6.07) is 5.67. The fourth-order valence-electron chi connectivity index (χ4n) is 5.36. The van der Waals surface area contributed by atoms with E-state index in [1.165, 1.54) is 6.42 Å². The molecule has 11 heteroatoms. The van der Waals surface area contributed by atoms with Crippen LogP contribution in [0.25, 0.3) is 11.0 Å². The highest BCUT2D eigenvalue weighted by atomic mass is 32.2. The molecule has 5 heterocycles. The van der Waals surface area contributed by atoms with Gasteiger partial charge in [-0.05, 0) is 31.0 Å². The Morgan fingerprint density at radius 3 is 2.61 bits per heavy atom. The number of hydrogen-bond donors (Lipinski definition) is 3. The minimum absolute atomic E-state index is 0.268. The topological polar surface area (TPSA) is 117 Å². The molecule has 0 amide bonds. The Labute approximate surface area is 192 Å². The summed E-state index contributed by atoms with van der Waals surface area (Å²) in [5.74, 6) is 1.06. The molecular formula is C22H28N8O2S. The Morgan fingerprint density at radius 1 is 1.03 bits per heavy atom. The van der Waals surface area contributed by atoms with Gasteiger partial charge in [0.1, 0.15) is 11.5 Å². The maximum atomic E-state index is 12.8. The molecule has 1 saturated heterocycles. The molecule has 10 nitrogen and oxygen atoms in total. The van der Waals surface area contributed by atoms with Crippen molar-refractivity contribution in [2.45, 2.75) is 42.7 Å². The second kappa shape index (κ2) is 7.93. The minimum Gasteiger partial charge on any atom is -0.368 e. The molecule has 0 unspecified atom stereocenters. The summed E-state index contributed by atoms with van der Waals surface area (Å²) in [7, 11) is -3.56. The van der Waals surface area contributed by atoms with E-state index in [-0.39, 0.29) is 10.6 Å². The first kappa shape index (κ1) is 20.8. The highest BCUT2D eigenvalue weighted by Crippen LogP contribution is 2.42. The molecule has 33 heavy (non-hydrogen) atoms. The summed E-state index contributed by atoms with van der Waals surface area (Å²) in [5.41, 5.74) is 1.48. The van der Waals surface area contributed by atoms with Crippen LogP contribution in [0.1, 0.15) is 32.1 Å². The van der Waals surface area contributed by atoms with Crippen molar-refractivity contribution in [3.8, 4) is 0 Å². The summed E-state index contributed by atoms with van der Waals surface area (Å²) >= 11 is 0. The summed E-state index contributed by atoms with van der Waals surface area (Å²) < 4.78 is 30.3. The van der Waals surface area contributed by atoms with Gasteiger partial charge in [-0.1, -0.05) is 19.3 Å². The molecule has 0 atom stereocenters. The van der Waals surface area contributed by atoms with Crippen LogP contribution in [-0.2, 0) is 15.6 Å². The summed E-state index contributed by atoms with van der Waals surface area (Å²) in [6.45, 7) is 4.29. The van der Waals surface area contributed by atoms with Gasteiger partial charge in [0, 0.05) is 44.3 Å². The normalized spacial score (nSPS) is 21.8. The molecule has 0 aromatic carbocycles. The van der Waals surface area contributed by atoms with Crippen LogP contribution in [0, 0.1) is 0 Å². The number of fused-ring (bicyclic) bond motifs is 4. The summed E-state index contributed by atoms with van der Waals surface area (Å²) in [4.78, 5) is 16.0. The second-order valence-corrected chi connectivity index (χ2v) is 10.9. The minimum atomic E-state index is -3.56. The zero-order chi connectivity index (χ0) is 22.5. The van der Waals surface area contributed by atoms with Gasteiger partial charge in [-0.2, -0.15) is 4.98 Å². The van der Waals surface area contributed by atoms with Crippen molar-refractivity contribution in [3.05, 3.63) is 30.6 Å². The Kier molecular flexibility index (Phi) is 5.00. The monoisotopic (exact) mass is 468 g/mol. The van der Waals surface area contributed by atoms with E-state index in [1.54, 1.807) is 12.3 Å². The highest BCUT2D eigenvalue weighted by molar-refractivity contribution is 7.89. The third-order valence-electron chi connectivity index (χ3n) is 7.10. The number of rotatable bonds is 3. The third-order valence-corrected chi connectivity index (χ3v) is 8.48. The Morgan fingerprint density at radius 2 is 1.85 bits per heavy atom. The summed E-state index contributed by atoms with van der Waals surface area (Å²) in [5, 5.41) is 7.57. The van der Waals surface area contributed by atoms with E-state index in [1.807, 2.05) is 22.9 Å². The lowest BCUT2D eigenvalue weighted by Crippen LogP contribution is -2.52. The first-order valence-corrected chi connectivity index (χ1v) is 13.1. The van der Waals surface area contributed by atoms with E-state index in [9.17, 15) is 8.42 Å². The lowest BCUT2D eigenvalue weighted by atomic mass is 9.81. The first-order chi connectivity index (χ1) is 16.0. The van der Waals surface area contributed by atoms with Crippen molar-refractivity contribution in [2.24, 2.45) is 0 Å². The van der Waals surface area contributed by atoms with Gasteiger partial charge >= 0.3 is 0 Å². The molecule has 6 rings (SSSR count). The Hall–Kier alpha value is -2.76. The van der Waals surface area contributed by atoms with Crippen molar-refractivity contribution < 1.29 is 8.42 Å². The van der Waals surface area contributed by atoms with Crippen LogP contribution in [0.3, 0.4) is 0 Å². The van der Waals surface area contributed by atoms with Gasteiger partial charge in [-0.3, -0.25) is 0 Å². The van der Waals surface area contributed by atoms with Crippen LogP contribution in [0.4, 0.5) is 17.5 Å².